The summed E-state index contributed by atoms with van der Waals surface area (Å²) in [5.74, 6) is -1.16. The second-order valence-electron chi connectivity index (χ2n) is 3.67. The van der Waals surface area contributed by atoms with E-state index in [4.69, 9.17) is 22.4 Å². The highest BCUT2D eigenvalue weighted by atomic mass is 35.5. The molecule has 0 saturated carbocycles. The molecule has 94 valence electrons. The fraction of sp³-hybridized carbons (Fsp3) is 0.300. The first kappa shape index (κ1) is 14.0. The molecule has 0 saturated heterocycles. The molecule has 0 fully saturated rings. The zero-order valence-corrected chi connectivity index (χ0v) is 10.6. The van der Waals surface area contributed by atoms with Gasteiger partial charge in [0.15, 0.2) is 9.84 Å². The summed E-state index contributed by atoms with van der Waals surface area (Å²) >= 11 is 5.85. The SMILES string of the molecule is CS(=O)(=O)c1ccc(Cl)c(CC(N)C(=O)O)c1. The minimum Gasteiger partial charge on any atom is -0.480 e. The Hall–Kier alpha value is -1.11. The van der Waals surface area contributed by atoms with E-state index in [2.05, 4.69) is 0 Å². The lowest BCUT2D eigenvalue weighted by atomic mass is 10.1. The molecule has 1 aromatic carbocycles. The molecule has 1 rings (SSSR count). The van der Waals surface area contributed by atoms with Crippen molar-refractivity contribution in [1.82, 2.24) is 0 Å². The van der Waals surface area contributed by atoms with Gasteiger partial charge in [0.1, 0.15) is 6.04 Å². The van der Waals surface area contributed by atoms with Gasteiger partial charge in [-0.15, -0.1) is 0 Å². The molecular formula is C10H12ClNO4S. The van der Waals surface area contributed by atoms with Gasteiger partial charge in [0, 0.05) is 11.3 Å². The first-order valence-corrected chi connectivity index (χ1v) is 6.95. The van der Waals surface area contributed by atoms with Gasteiger partial charge in [-0.2, -0.15) is 0 Å². The Balaban J connectivity index is 3.12. The summed E-state index contributed by atoms with van der Waals surface area (Å²) in [7, 11) is -3.35. The Morgan fingerprint density at radius 2 is 2.12 bits per heavy atom. The van der Waals surface area contributed by atoms with E-state index in [1.54, 1.807) is 0 Å². The van der Waals surface area contributed by atoms with Crippen molar-refractivity contribution in [3.63, 3.8) is 0 Å². The van der Waals surface area contributed by atoms with Gasteiger partial charge in [0.2, 0.25) is 0 Å². The van der Waals surface area contributed by atoms with Crippen LogP contribution in [0.2, 0.25) is 5.02 Å². The summed E-state index contributed by atoms with van der Waals surface area (Å²) in [5, 5.41) is 8.98. The fourth-order valence-corrected chi connectivity index (χ4v) is 2.13. The van der Waals surface area contributed by atoms with Gasteiger partial charge in [-0.3, -0.25) is 4.79 Å². The van der Waals surface area contributed by atoms with E-state index in [0.29, 0.717) is 10.6 Å². The first-order chi connectivity index (χ1) is 7.71. The van der Waals surface area contributed by atoms with Crippen LogP contribution in [-0.2, 0) is 21.1 Å². The van der Waals surface area contributed by atoms with Crippen LogP contribution < -0.4 is 5.73 Å². The molecule has 0 aliphatic heterocycles. The highest BCUT2D eigenvalue weighted by Gasteiger charge is 2.16. The van der Waals surface area contributed by atoms with E-state index >= 15 is 0 Å². The van der Waals surface area contributed by atoms with Crippen LogP contribution in [0.15, 0.2) is 23.1 Å². The van der Waals surface area contributed by atoms with Gasteiger partial charge in [-0.1, -0.05) is 11.6 Å². The van der Waals surface area contributed by atoms with Crippen LogP contribution in [-0.4, -0.2) is 31.8 Å². The lowest BCUT2D eigenvalue weighted by molar-refractivity contribution is -0.138. The lowest BCUT2D eigenvalue weighted by Crippen LogP contribution is -2.32. The molecular weight excluding hydrogens is 266 g/mol. The number of carbonyl (C=O) groups is 1. The molecule has 0 amide bonds. The van der Waals surface area contributed by atoms with E-state index in [9.17, 15) is 13.2 Å². The summed E-state index contributed by atoms with van der Waals surface area (Å²) in [6.45, 7) is 0. The third-order valence-electron chi connectivity index (χ3n) is 2.20. The maximum absolute atomic E-state index is 11.3. The van der Waals surface area contributed by atoms with Crippen molar-refractivity contribution < 1.29 is 18.3 Å². The van der Waals surface area contributed by atoms with Crippen molar-refractivity contribution in [2.75, 3.05) is 6.26 Å². The Morgan fingerprint density at radius 1 is 1.53 bits per heavy atom. The molecule has 17 heavy (non-hydrogen) atoms. The topological polar surface area (TPSA) is 97.5 Å². The number of carboxylic acid groups (broad SMARTS) is 1. The van der Waals surface area contributed by atoms with E-state index in [1.165, 1.54) is 18.2 Å². The van der Waals surface area contributed by atoms with Gasteiger partial charge in [0.05, 0.1) is 4.90 Å². The van der Waals surface area contributed by atoms with Crippen LogP contribution in [0.25, 0.3) is 0 Å². The third kappa shape index (κ3) is 3.69. The second-order valence-corrected chi connectivity index (χ2v) is 6.10. The standard InChI is InChI=1S/C10H12ClNO4S/c1-17(15,16)7-2-3-8(11)6(4-7)5-9(12)10(13)14/h2-4,9H,5,12H2,1H3,(H,13,14). The maximum atomic E-state index is 11.3. The molecule has 0 bridgehead atoms. The van der Waals surface area contributed by atoms with Crippen LogP contribution in [0.5, 0.6) is 0 Å². The molecule has 0 spiro atoms. The molecule has 0 heterocycles. The number of carboxylic acids is 1. The average molecular weight is 278 g/mol. The zero-order valence-electron chi connectivity index (χ0n) is 9.05. The molecule has 3 N–H and O–H groups in total. The molecule has 0 aromatic heterocycles. The van der Waals surface area contributed by atoms with Gasteiger partial charge in [0.25, 0.3) is 0 Å². The van der Waals surface area contributed by atoms with Crippen LogP contribution in [0.3, 0.4) is 0 Å². The summed E-state index contributed by atoms with van der Waals surface area (Å²) in [6.07, 6.45) is 1.05. The minimum atomic E-state index is -3.35. The Morgan fingerprint density at radius 3 is 2.59 bits per heavy atom. The number of hydrogen-bond donors (Lipinski definition) is 2. The van der Waals surface area contributed by atoms with Crippen LogP contribution in [0, 0.1) is 0 Å². The van der Waals surface area contributed by atoms with Crippen molar-refractivity contribution in [2.45, 2.75) is 17.4 Å². The number of rotatable bonds is 4. The van der Waals surface area contributed by atoms with Gasteiger partial charge < -0.3 is 10.8 Å². The van der Waals surface area contributed by atoms with E-state index in [-0.39, 0.29) is 11.3 Å². The Kier molecular flexibility index (Phi) is 4.13. The summed E-state index contributed by atoms with van der Waals surface area (Å²) in [6, 6.07) is 3.03. The Bertz CT molecular complexity index is 541. The minimum absolute atomic E-state index is 0.0163. The monoisotopic (exact) mass is 277 g/mol. The summed E-state index contributed by atoms with van der Waals surface area (Å²) < 4.78 is 22.7. The quantitative estimate of drug-likeness (QED) is 0.844. The number of hydrogen-bond acceptors (Lipinski definition) is 4. The predicted molar refractivity (Wildman–Crippen MR) is 63.9 cm³/mol. The summed E-state index contributed by atoms with van der Waals surface area (Å²) in [4.78, 5) is 10.7. The van der Waals surface area contributed by atoms with Gasteiger partial charge >= 0.3 is 5.97 Å². The van der Waals surface area contributed by atoms with Gasteiger partial charge in [-0.25, -0.2) is 8.42 Å². The molecule has 0 aliphatic rings. The third-order valence-corrected chi connectivity index (χ3v) is 3.68. The summed E-state index contributed by atoms with van der Waals surface area (Å²) in [5.41, 5.74) is 5.78. The van der Waals surface area contributed by atoms with Crippen LogP contribution in [0.1, 0.15) is 5.56 Å². The van der Waals surface area contributed by atoms with E-state index < -0.39 is 21.8 Å². The fourth-order valence-electron chi connectivity index (χ4n) is 1.26. The first-order valence-electron chi connectivity index (χ1n) is 4.68. The maximum Gasteiger partial charge on any atom is 0.320 e. The molecule has 0 radical (unpaired) electrons. The van der Waals surface area contributed by atoms with Crippen molar-refractivity contribution in [2.24, 2.45) is 5.73 Å². The normalized spacial score (nSPS) is 13.4. The van der Waals surface area contributed by atoms with Crippen molar-refractivity contribution in [3.8, 4) is 0 Å². The largest absolute Gasteiger partial charge is 0.480 e. The van der Waals surface area contributed by atoms with Crippen molar-refractivity contribution in [1.29, 1.82) is 0 Å². The Labute approximate surface area is 104 Å². The highest BCUT2D eigenvalue weighted by molar-refractivity contribution is 7.90. The van der Waals surface area contributed by atoms with Crippen LogP contribution >= 0.6 is 11.6 Å². The van der Waals surface area contributed by atoms with Crippen molar-refractivity contribution in [3.05, 3.63) is 28.8 Å². The number of nitrogens with two attached hydrogens (primary N) is 1. The van der Waals surface area contributed by atoms with Crippen molar-refractivity contribution >= 4 is 27.4 Å². The lowest BCUT2D eigenvalue weighted by Gasteiger charge is -2.09. The smallest absolute Gasteiger partial charge is 0.320 e. The average Bonchev–Trinajstić information content (AvgIpc) is 2.19. The highest BCUT2D eigenvalue weighted by Crippen LogP contribution is 2.21. The van der Waals surface area contributed by atoms with E-state index in [0.717, 1.165) is 6.26 Å². The number of halogens is 1. The second kappa shape index (κ2) is 5.03. The number of benzene rings is 1. The van der Waals surface area contributed by atoms with Crippen LogP contribution in [0.4, 0.5) is 0 Å². The molecule has 1 atom stereocenters. The van der Waals surface area contributed by atoms with E-state index in [1.807, 2.05) is 0 Å². The number of sulfone groups is 1. The molecule has 0 aliphatic carbocycles. The number of aliphatic carboxylic acids is 1. The molecule has 1 aromatic rings. The van der Waals surface area contributed by atoms with Gasteiger partial charge in [-0.05, 0) is 30.2 Å². The molecule has 1 unspecified atom stereocenters. The molecule has 7 heteroatoms. The molecule has 5 nitrogen and oxygen atoms in total. The predicted octanol–water partition coefficient (Wildman–Crippen LogP) is 0.698. The zero-order chi connectivity index (χ0) is 13.2.